The molecule has 1 aliphatic rings. The highest BCUT2D eigenvalue weighted by molar-refractivity contribution is 5.84. The summed E-state index contributed by atoms with van der Waals surface area (Å²) in [6, 6.07) is 7.43. The second-order valence-electron chi connectivity index (χ2n) is 5.27. The molecule has 0 radical (unpaired) electrons. The van der Waals surface area contributed by atoms with Gasteiger partial charge < -0.3 is 14.8 Å². The first-order chi connectivity index (χ1) is 10.1. The van der Waals surface area contributed by atoms with E-state index in [2.05, 4.69) is 5.32 Å². The predicted octanol–water partition coefficient (Wildman–Crippen LogP) is 2.04. The van der Waals surface area contributed by atoms with Gasteiger partial charge in [-0.15, -0.1) is 0 Å². The van der Waals surface area contributed by atoms with Gasteiger partial charge in [-0.05, 0) is 37.5 Å². The maximum Gasteiger partial charge on any atom is 0.309 e. The highest BCUT2D eigenvalue weighted by Crippen LogP contribution is 2.27. The number of nitrogens with one attached hydrogen (secondary N) is 1. The molecule has 1 aliphatic carbocycles. The van der Waals surface area contributed by atoms with E-state index in [-0.39, 0.29) is 17.8 Å². The lowest BCUT2D eigenvalue weighted by atomic mass is 9.86. The molecule has 114 valence electrons. The third kappa shape index (κ3) is 4.21. The minimum Gasteiger partial charge on any atom is -0.497 e. The van der Waals surface area contributed by atoms with Crippen molar-refractivity contribution in [2.75, 3.05) is 7.11 Å². The van der Waals surface area contributed by atoms with Crippen molar-refractivity contribution >= 4 is 11.9 Å². The molecule has 21 heavy (non-hydrogen) atoms. The molecule has 0 heterocycles. The van der Waals surface area contributed by atoms with Crippen LogP contribution >= 0.6 is 0 Å². The summed E-state index contributed by atoms with van der Waals surface area (Å²) < 4.78 is 10.2. The average molecular weight is 291 g/mol. The number of hydrogen-bond donors (Lipinski definition) is 1. The zero-order valence-electron chi connectivity index (χ0n) is 12.4. The summed E-state index contributed by atoms with van der Waals surface area (Å²) in [5.41, 5.74) is 0.960. The minimum absolute atomic E-state index is 0.0122. The molecule has 0 aromatic heterocycles. The van der Waals surface area contributed by atoms with Gasteiger partial charge in [-0.3, -0.25) is 9.59 Å². The lowest BCUT2D eigenvalue weighted by Crippen LogP contribution is -2.37. The number of ether oxygens (including phenoxy) is 2. The number of hydrogen-bond acceptors (Lipinski definition) is 4. The number of carbonyl (C=O) groups excluding carboxylic acids is 2. The molecule has 1 aromatic carbocycles. The molecular weight excluding hydrogens is 270 g/mol. The van der Waals surface area contributed by atoms with E-state index >= 15 is 0 Å². The summed E-state index contributed by atoms with van der Waals surface area (Å²) in [4.78, 5) is 23.6. The molecule has 1 N–H and O–H groups in total. The first-order valence-electron chi connectivity index (χ1n) is 7.21. The maximum atomic E-state index is 11.9. The van der Waals surface area contributed by atoms with E-state index in [0.29, 0.717) is 6.54 Å². The van der Waals surface area contributed by atoms with Crippen LogP contribution in [0.15, 0.2) is 24.3 Å². The van der Waals surface area contributed by atoms with Crippen molar-refractivity contribution in [1.29, 1.82) is 0 Å². The zero-order chi connectivity index (χ0) is 15.2. The molecule has 1 aromatic rings. The van der Waals surface area contributed by atoms with Crippen molar-refractivity contribution in [3.8, 4) is 5.75 Å². The maximum absolute atomic E-state index is 11.9. The van der Waals surface area contributed by atoms with Crippen molar-refractivity contribution < 1.29 is 19.1 Å². The van der Waals surface area contributed by atoms with Gasteiger partial charge in [0, 0.05) is 6.54 Å². The Labute approximate surface area is 124 Å². The van der Waals surface area contributed by atoms with Gasteiger partial charge in [0.25, 0.3) is 5.91 Å². The Balaban J connectivity index is 1.75. The van der Waals surface area contributed by atoms with E-state index < -0.39 is 6.10 Å². The SMILES string of the molecule is COc1ccc(CNC(=O)[C@@H](C)OC(=O)C2CCC2)cc1. The fourth-order valence-corrected chi connectivity index (χ4v) is 2.04. The van der Waals surface area contributed by atoms with Gasteiger partial charge in [0.05, 0.1) is 13.0 Å². The van der Waals surface area contributed by atoms with Gasteiger partial charge in [0.2, 0.25) is 0 Å². The molecule has 5 nitrogen and oxygen atoms in total. The minimum atomic E-state index is -0.753. The molecule has 1 saturated carbocycles. The monoisotopic (exact) mass is 291 g/mol. The third-order valence-electron chi connectivity index (χ3n) is 3.73. The van der Waals surface area contributed by atoms with Crippen molar-refractivity contribution in [2.24, 2.45) is 5.92 Å². The lowest BCUT2D eigenvalue weighted by Gasteiger charge is -2.24. The van der Waals surface area contributed by atoms with Crippen molar-refractivity contribution in [3.05, 3.63) is 29.8 Å². The van der Waals surface area contributed by atoms with Crippen LogP contribution in [0.25, 0.3) is 0 Å². The first-order valence-corrected chi connectivity index (χ1v) is 7.21. The summed E-state index contributed by atoms with van der Waals surface area (Å²) in [6.07, 6.45) is 2.06. The number of benzene rings is 1. The number of amides is 1. The quantitative estimate of drug-likeness (QED) is 0.815. The summed E-state index contributed by atoms with van der Waals surface area (Å²) in [5, 5.41) is 2.76. The second-order valence-corrected chi connectivity index (χ2v) is 5.27. The van der Waals surface area contributed by atoms with Crippen molar-refractivity contribution in [2.45, 2.75) is 38.8 Å². The predicted molar refractivity (Wildman–Crippen MR) is 77.7 cm³/mol. The highest BCUT2D eigenvalue weighted by atomic mass is 16.5. The molecule has 1 amide bonds. The molecule has 5 heteroatoms. The van der Waals surface area contributed by atoms with Gasteiger partial charge in [-0.25, -0.2) is 0 Å². The molecule has 1 atom stereocenters. The van der Waals surface area contributed by atoms with Gasteiger partial charge in [0.15, 0.2) is 6.10 Å². The Hall–Kier alpha value is -2.04. The number of carbonyl (C=O) groups is 2. The highest BCUT2D eigenvalue weighted by Gasteiger charge is 2.29. The first kappa shape index (κ1) is 15.4. The van der Waals surface area contributed by atoms with Crippen molar-refractivity contribution in [3.63, 3.8) is 0 Å². The Bertz CT molecular complexity index is 494. The van der Waals surface area contributed by atoms with E-state index in [1.807, 2.05) is 24.3 Å². The van der Waals surface area contributed by atoms with Crippen LogP contribution in [0.3, 0.4) is 0 Å². The fourth-order valence-electron chi connectivity index (χ4n) is 2.04. The van der Waals surface area contributed by atoms with Crippen LogP contribution in [-0.4, -0.2) is 25.1 Å². The molecular formula is C16H21NO4. The topological polar surface area (TPSA) is 64.6 Å². The van der Waals surface area contributed by atoms with Crippen LogP contribution in [0.4, 0.5) is 0 Å². The number of esters is 1. The summed E-state index contributed by atoms with van der Waals surface area (Å²) in [7, 11) is 1.61. The summed E-state index contributed by atoms with van der Waals surface area (Å²) >= 11 is 0. The molecule has 0 unspecified atom stereocenters. The van der Waals surface area contributed by atoms with Crippen LogP contribution in [0.2, 0.25) is 0 Å². The van der Waals surface area contributed by atoms with E-state index in [9.17, 15) is 9.59 Å². The Morgan fingerprint density at radius 3 is 2.48 bits per heavy atom. The standard InChI is InChI=1S/C16H21NO4/c1-11(21-16(19)13-4-3-5-13)15(18)17-10-12-6-8-14(20-2)9-7-12/h6-9,11,13H,3-5,10H2,1-2H3,(H,17,18)/t11-/m1/s1. The van der Waals surface area contributed by atoms with Crippen LogP contribution in [0, 0.1) is 5.92 Å². The fraction of sp³-hybridized carbons (Fsp3) is 0.500. The Morgan fingerprint density at radius 2 is 1.95 bits per heavy atom. The summed E-state index contributed by atoms with van der Waals surface area (Å²) in [6.45, 7) is 1.99. The summed E-state index contributed by atoms with van der Waals surface area (Å²) in [5.74, 6) is 0.224. The van der Waals surface area contributed by atoms with Crippen LogP contribution in [0.1, 0.15) is 31.7 Å². The average Bonchev–Trinajstić information content (AvgIpc) is 2.43. The smallest absolute Gasteiger partial charge is 0.309 e. The molecule has 0 spiro atoms. The van der Waals surface area contributed by atoms with Crippen LogP contribution < -0.4 is 10.1 Å². The number of rotatable bonds is 6. The Morgan fingerprint density at radius 1 is 1.29 bits per heavy atom. The van der Waals surface area contributed by atoms with Gasteiger partial charge in [-0.1, -0.05) is 18.6 Å². The van der Waals surface area contributed by atoms with Gasteiger partial charge >= 0.3 is 5.97 Å². The lowest BCUT2D eigenvalue weighted by molar-refractivity contribution is -0.161. The molecule has 1 fully saturated rings. The van der Waals surface area contributed by atoms with E-state index in [0.717, 1.165) is 30.6 Å². The van der Waals surface area contributed by atoms with E-state index in [4.69, 9.17) is 9.47 Å². The largest absolute Gasteiger partial charge is 0.497 e. The third-order valence-corrected chi connectivity index (χ3v) is 3.73. The molecule has 2 rings (SSSR count). The molecule has 0 saturated heterocycles. The normalized spacial score (nSPS) is 15.7. The second kappa shape index (κ2) is 7.11. The van der Waals surface area contributed by atoms with Crippen LogP contribution in [-0.2, 0) is 20.9 Å². The van der Waals surface area contributed by atoms with Crippen molar-refractivity contribution in [1.82, 2.24) is 5.32 Å². The zero-order valence-corrected chi connectivity index (χ0v) is 12.4. The van der Waals surface area contributed by atoms with Crippen LogP contribution in [0.5, 0.6) is 5.75 Å². The number of methoxy groups -OCH3 is 1. The van der Waals surface area contributed by atoms with E-state index in [1.165, 1.54) is 0 Å². The van der Waals surface area contributed by atoms with Gasteiger partial charge in [-0.2, -0.15) is 0 Å². The molecule has 0 bridgehead atoms. The van der Waals surface area contributed by atoms with E-state index in [1.54, 1.807) is 14.0 Å². The Kier molecular flexibility index (Phi) is 5.20. The molecule has 0 aliphatic heterocycles. The van der Waals surface area contributed by atoms with Gasteiger partial charge in [0.1, 0.15) is 5.75 Å².